The van der Waals surface area contributed by atoms with Crippen molar-refractivity contribution in [3.8, 4) is 11.5 Å². The van der Waals surface area contributed by atoms with Crippen LogP contribution >= 0.6 is 0 Å². The zero-order valence-corrected chi connectivity index (χ0v) is 13.4. The summed E-state index contributed by atoms with van der Waals surface area (Å²) >= 11 is 0. The van der Waals surface area contributed by atoms with Crippen molar-refractivity contribution in [3.63, 3.8) is 0 Å². The van der Waals surface area contributed by atoms with Crippen LogP contribution in [-0.2, 0) is 4.79 Å². The summed E-state index contributed by atoms with van der Waals surface area (Å²) in [6, 6.07) is 13.9. The number of rotatable bonds is 3. The van der Waals surface area contributed by atoms with Gasteiger partial charge in [0.1, 0.15) is 6.10 Å². The molecule has 6 heteroatoms. The first kappa shape index (κ1) is 15.9. The van der Waals surface area contributed by atoms with Gasteiger partial charge in [0.2, 0.25) is 6.10 Å². The number of fused-ring (bicyclic) bond motifs is 1. The lowest BCUT2D eigenvalue weighted by atomic mass is 10.1. The summed E-state index contributed by atoms with van der Waals surface area (Å²) in [5.74, 6) is 0.696. The maximum atomic E-state index is 12.5. The first-order chi connectivity index (χ1) is 11.6. The number of anilines is 1. The van der Waals surface area contributed by atoms with Crippen molar-refractivity contribution >= 4 is 17.5 Å². The molecule has 0 bridgehead atoms. The van der Waals surface area contributed by atoms with E-state index in [4.69, 9.17) is 9.47 Å². The highest BCUT2D eigenvalue weighted by molar-refractivity contribution is 5.97. The van der Waals surface area contributed by atoms with E-state index in [9.17, 15) is 9.59 Å². The average molecular weight is 326 g/mol. The van der Waals surface area contributed by atoms with Gasteiger partial charge < -0.3 is 20.1 Å². The van der Waals surface area contributed by atoms with Crippen LogP contribution in [-0.4, -0.2) is 31.1 Å². The molecule has 0 aliphatic carbocycles. The summed E-state index contributed by atoms with van der Waals surface area (Å²) in [5, 5.41) is 5.33. The van der Waals surface area contributed by atoms with E-state index in [1.54, 1.807) is 50.4 Å². The number of ether oxygens (including phenoxy) is 2. The molecule has 6 nitrogen and oxygen atoms in total. The summed E-state index contributed by atoms with van der Waals surface area (Å²) in [5.41, 5.74) is 1.11. The Kier molecular flexibility index (Phi) is 4.37. The van der Waals surface area contributed by atoms with E-state index >= 15 is 0 Å². The van der Waals surface area contributed by atoms with Crippen LogP contribution in [0.5, 0.6) is 11.5 Å². The second-order valence-corrected chi connectivity index (χ2v) is 5.45. The van der Waals surface area contributed by atoms with Crippen molar-refractivity contribution in [2.24, 2.45) is 0 Å². The fraction of sp³-hybridized carbons (Fsp3) is 0.222. The van der Waals surface area contributed by atoms with E-state index < -0.39 is 12.2 Å². The predicted octanol–water partition coefficient (Wildman–Crippen LogP) is 2.21. The normalized spacial score (nSPS) is 18.6. The van der Waals surface area contributed by atoms with E-state index in [1.807, 2.05) is 12.1 Å². The Balaban J connectivity index is 1.70. The Hall–Kier alpha value is -3.02. The minimum Gasteiger partial charge on any atom is -0.482 e. The highest BCUT2D eigenvalue weighted by atomic mass is 16.6. The van der Waals surface area contributed by atoms with Crippen LogP contribution in [0.2, 0.25) is 0 Å². The van der Waals surface area contributed by atoms with E-state index in [2.05, 4.69) is 10.6 Å². The van der Waals surface area contributed by atoms with Crippen molar-refractivity contribution in [2.45, 2.75) is 19.1 Å². The molecule has 24 heavy (non-hydrogen) atoms. The molecule has 2 N–H and O–H groups in total. The van der Waals surface area contributed by atoms with Gasteiger partial charge in [-0.2, -0.15) is 0 Å². The third kappa shape index (κ3) is 3.17. The number of benzene rings is 2. The fourth-order valence-electron chi connectivity index (χ4n) is 2.47. The molecule has 2 aromatic carbocycles. The molecule has 2 unspecified atom stereocenters. The molecule has 1 heterocycles. The Morgan fingerprint density at radius 1 is 0.958 bits per heavy atom. The third-order valence-electron chi connectivity index (χ3n) is 3.74. The summed E-state index contributed by atoms with van der Waals surface area (Å²) < 4.78 is 11.5. The van der Waals surface area contributed by atoms with E-state index in [0.29, 0.717) is 22.7 Å². The topological polar surface area (TPSA) is 76.7 Å². The first-order valence-electron chi connectivity index (χ1n) is 7.64. The lowest BCUT2D eigenvalue weighted by Gasteiger charge is -2.31. The third-order valence-corrected chi connectivity index (χ3v) is 3.74. The minimum absolute atomic E-state index is 0.179. The smallest absolute Gasteiger partial charge is 0.269 e. The zero-order chi connectivity index (χ0) is 17.1. The Morgan fingerprint density at radius 3 is 2.21 bits per heavy atom. The maximum absolute atomic E-state index is 12.5. The molecule has 124 valence electrons. The van der Waals surface area contributed by atoms with Crippen molar-refractivity contribution < 1.29 is 19.1 Å². The molecule has 1 aliphatic rings. The van der Waals surface area contributed by atoms with Gasteiger partial charge >= 0.3 is 0 Å². The molecule has 1 aliphatic heterocycles. The van der Waals surface area contributed by atoms with Crippen LogP contribution in [0.4, 0.5) is 5.69 Å². The fourth-order valence-corrected chi connectivity index (χ4v) is 2.47. The number of hydrogen-bond donors (Lipinski definition) is 2. The highest BCUT2D eigenvalue weighted by Gasteiger charge is 2.34. The lowest BCUT2D eigenvalue weighted by molar-refractivity contribution is -0.128. The number of hydrogen-bond acceptors (Lipinski definition) is 4. The van der Waals surface area contributed by atoms with Gasteiger partial charge in [-0.3, -0.25) is 9.59 Å². The van der Waals surface area contributed by atoms with Crippen LogP contribution in [0.15, 0.2) is 48.5 Å². The number of carbonyl (C=O) groups is 2. The zero-order valence-electron chi connectivity index (χ0n) is 13.4. The van der Waals surface area contributed by atoms with Crippen LogP contribution in [0.3, 0.4) is 0 Å². The first-order valence-corrected chi connectivity index (χ1v) is 7.64. The molecule has 2 aromatic rings. The van der Waals surface area contributed by atoms with E-state index in [0.717, 1.165) is 0 Å². The van der Waals surface area contributed by atoms with Gasteiger partial charge in [-0.25, -0.2) is 0 Å². The Labute approximate surface area is 139 Å². The van der Waals surface area contributed by atoms with Gasteiger partial charge in [0, 0.05) is 18.3 Å². The maximum Gasteiger partial charge on any atom is 0.269 e. The van der Waals surface area contributed by atoms with Gasteiger partial charge in [0.25, 0.3) is 11.8 Å². The van der Waals surface area contributed by atoms with Crippen molar-refractivity contribution in [1.82, 2.24) is 5.32 Å². The molecular weight excluding hydrogens is 308 g/mol. The summed E-state index contributed by atoms with van der Waals surface area (Å²) in [6.07, 6.45) is -1.16. The monoisotopic (exact) mass is 326 g/mol. The van der Waals surface area contributed by atoms with Crippen LogP contribution in [0.25, 0.3) is 0 Å². The second-order valence-electron chi connectivity index (χ2n) is 5.45. The van der Waals surface area contributed by atoms with Gasteiger partial charge in [-0.05, 0) is 43.3 Å². The number of amides is 2. The second kappa shape index (κ2) is 6.62. The summed E-state index contributed by atoms with van der Waals surface area (Å²) in [6.45, 7) is 1.79. The molecule has 0 fully saturated rings. The molecule has 0 spiro atoms. The average Bonchev–Trinajstić information content (AvgIpc) is 2.61. The SMILES string of the molecule is CNC(=O)c1ccc(NC(=O)C2Oc3ccccc3OC2C)cc1. The quantitative estimate of drug-likeness (QED) is 0.907. The van der Waals surface area contributed by atoms with Gasteiger partial charge in [0.15, 0.2) is 11.5 Å². The van der Waals surface area contributed by atoms with Gasteiger partial charge in [-0.15, -0.1) is 0 Å². The van der Waals surface area contributed by atoms with Crippen molar-refractivity contribution in [3.05, 3.63) is 54.1 Å². The number of nitrogens with one attached hydrogen (secondary N) is 2. The Morgan fingerprint density at radius 2 is 1.58 bits per heavy atom. The van der Waals surface area contributed by atoms with Crippen LogP contribution in [0.1, 0.15) is 17.3 Å². The molecule has 0 saturated carbocycles. The molecule has 2 amide bonds. The molecular formula is C18H18N2O4. The van der Waals surface area contributed by atoms with E-state index in [1.165, 1.54) is 0 Å². The molecule has 0 aromatic heterocycles. The summed E-state index contributed by atoms with van der Waals surface area (Å²) in [7, 11) is 1.57. The Bertz CT molecular complexity index is 758. The largest absolute Gasteiger partial charge is 0.482 e. The van der Waals surface area contributed by atoms with Crippen LogP contribution in [0, 0.1) is 0 Å². The van der Waals surface area contributed by atoms with Crippen LogP contribution < -0.4 is 20.1 Å². The predicted molar refractivity (Wildman–Crippen MR) is 89.4 cm³/mol. The van der Waals surface area contributed by atoms with Crippen molar-refractivity contribution in [1.29, 1.82) is 0 Å². The van der Waals surface area contributed by atoms with Gasteiger partial charge in [0.05, 0.1) is 0 Å². The highest BCUT2D eigenvalue weighted by Crippen LogP contribution is 2.33. The molecule has 2 atom stereocenters. The molecule has 0 saturated heterocycles. The summed E-state index contributed by atoms with van der Waals surface area (Å²) in [4.78, 5) is 24.0. The van der Waals surface area contributed by atoms with Crippen molar-refractivity contribution in [2.75, 3.05) is 12.4 Å². The molecule has 0 radical (unpaired) electrons. The van der Waals surface area contributed by atoms with Gasteiger partial charge in [-0.1, -0.05) is 12.1 Å². The minimum atomic E-state index is -0.751. The standard InChI is InChI=1S/C18H18N2O4/c1-11-16(24-15-6-4-3-5-14(15)23-11)18(22)20-13-9-7-12(8-10-13)17(21)19-2/h3-11,16H,1-2H3,(H,19,21)(H,20,22). The van der Waals surface area contributed by atoms with E-state index in [-0.39, 0.29) is 11.8 Å². The molecule has 3 rings (SSSR count). The number of carbonyl (C=O) groups excluding carboxylic acids is 2. The number of para-hydroxylation sites is 2. The lowest BCUT2D eigenvalue weighted by Crippen LogP contribution is -2.46.